The average Bonchev–Trinajstić information content (AvgIpc) is 2.52. The number of ether oxygens (including phenoxy) is 1. The molecule has 0 aliphatic carbocycles. The van der Waals surface area contributed by atoms with Crippen LogP contribution < -0.4 is 10.1 Å². The first-order valence-corrected chi connectivity index (χ1v) is 6.99. The number of hydrogen-bond acceptors (Lipinski definition) is 4. The summed E-state index contributed by atoms with van der Waals surface area (Å²) in [5.74, 6) is -0.130. The van der Waals surface area contributed by atoms with Crippen molar-refractivity contribution < 1.29 is 13.9 Å². The van der Waals surface area contributed by atoms with E-state index in [-0.39, 0.29) is 17.8 Å². The van der Waals surface area contributed by atoms with Gasteiger partial charge in [-0.25, -0.2) is 14.2 Å². The number of benzene rings is 1. The monoisotopic (exact) mass is 312 g/mol. The number of amides is 2. The first-order chi connectivity index (χ1) is 11.2. The minimum Gasteiger partial charge on any atom is -0.471 e. The molecular formula is C16H13FN4O2. The van der Waals surface area contributed by atoms with Gasteiger partial charge in [0.25, 0.3) is 0 Å². The fourth-order valence-electron chi connectivity index (χ4n) is 2.15. The zero-order valence-electron chi connectivity index (χ0n) is 12.1. The van der Waals surface area contributed by atoms with E-state index >= 15 is 0 Å². The molecule has 0 saturated carbocycles. The van der Waals surface area contributed by atoms with Crippen LogP contribution in [0.4, 0.5) is 14.9 Å². The number of anilines is 1. The van der Waals surface area contributed by atoms with Gasteiger partial charge in [0.1, 0.15) is 11.9 Å². The topological polar surface area (TPSA) is 78.2 Å². The molecule has 2 aromatic rings. The largest absolute Gasteiger partial charge is 0.471 e. The van der Waals surface area contributed by atoms with Gasteiger partial charge in [-0.05, 0) is 18.2 Å². The molecule has 0 radical (unpaired) electrons. The molecule has 23 heavy (non-hydrogen) atoms. The van der Waals surface area contributed by atoms with Crippen LogP contribution in [0, 0.1) is 17.1 Å². The average molecular weight is 312 g/mol. The second-order valence-electron chi connectivity index (χ2n) is 5.05. The minimum absolute atomic E-state index is 0.144. The highest BCUT2D eigenvalue weighted by Gasteiger charge is 2.32. The molecule has 3 rings (SSSR count). The van der Waals surface area contributed by atoms with Gasteiger partial charge in [0.05, 0.1) is 30.4 Å². The third-order valence-corrected chi connectivity index (χ3v) is 3.40. The van der Waals surface area contributed by atoms with Gasteiger partial charge < -0.3 is 15.0 Å². The van der Waals surface area contributed by atoms with E-state index < -0.39 is 5.82 Å². The Morgan fingerprint density at radius 2 is 2.17 bits per heavy atom. The summed E-state index contributed by atoms with van der Waals surface area (Å²) in [7, 11) is 0. The summed E-state index contributed by atoms with van der Waals surface area (Å²) >= 11 is 0. The number of nitrogens with zero attached hydrogens (tertiary/aromatic N) is 3. The summed E-state index contributed by atoms with van der Waals surface area (Å²) in [4.78, 5) is 17.5. The van der Waals surface area contributed by atoms with Gasteiger partial charge in [-0.2, -0.15) is 5.26 Å². The van der Waals surface area contributed by atoms with Crippen molar-refractivity contribution in [1.29, 1.82) is 5.26 Å². The van der Waals surface area contributed by atoms with E-state index in [1.165, 1.54) is 23.2 Å². The summed E-state index contributed by atoms with van der Waals surface area (Å²) in [5.41, 5.74) is 0.605. The molecule has 1 fully saturated rings. The van der Waals surface area contributed by atoms with Crippen molar-refractivity contribution in [2.75, 3.05) is 18.4 Å². The Morgan fingerprint density at radius 3 is 2.91 bits per heavy atom. The molecule has 0 spiro atoms. The molecule has 0 unspecified atom stereocenters. The lowest BCUT2D eigenvalue weighted by Crippen LogP contribution is -2.57. The second-order valence-corrected chi connectivity index (χ2v) is 5.05. The lowest BCUT2D eigenvalue weighted by Gasteiger charge is -2.38. The quantitative estimate of drug-likeness (QED) is 0.944. The van der Waals surface area contributed by atoms with Crippen molar-refractivity contribution in [3.8, 4) is 11.9 Å². The van der Waals surface area contributed by atoms with E-state index in [9.17, 15) is 9.18 Å². The van der Waals surface area contributed by atoms with Crippen LogP contribution in [0.2, 0.25) is 0 Å². The van der Waals surface area contributed by atoms with Crippen LogP contribution in [0.5, 0.6) is 5.88 Å². The van der Waals surface area contributed by atoms with Crippen molar-refractivity contribution in [3.63, 3.8) is 0 Å². The minimum atomic E-state index is -0.480. The van der Waals surface area contributed by atoms with Crippen LogP contribution in [0.1, 0.15) is 5.56 Å². The van der Waals surface area contributed by atoms with Crippen LogP contribution in [0.3, 0.4) is 0 Å². The number of pyridine rings is 1. The molecule has 116 valence electrons. The number of para-hydroxylation sites is 1. The van der Waals surface area contributed by atoms with Gasteiger partial charge >= 0.3 is 6.03 Å². The predicted octanol–water partition coefficient (Wildman–Crippen LogP) is 2.39. The third kappa shape index (κ3) is 3.37. The molecule has 0 atom stereocenters. The lowest BCUT2D eigenvalue weighted by molar-refractivity contribution is 0.0460. The van der Waals surface area contributed by atoms with Crippen molar-refractivity contribution in [3.05, 3.63) is 54.0 Å². The standard InChI is InChI=1S/C16H13FN4O2/c17-13-3-1-2-4-14(13)20-16(22)21-9-12(10-21)23-15-7-11(8-18)5-6-19-15/h1-7,12H,9-10H2,(H,20,22). The van der Waals surface area contributed by atoms with E-state index in [0.29, 0.717) is 24.5 Å². The highest BCUT2D eigenvalue weighted by molar-refractivity contribution is 5.90. The maximum atomic E-state index is 13.5. The Hall–Kier alpha value is -3.14. The van der Waals surface area contributed by atoms with Gasteiger partial charge in [0, 0.05) is 12.3 Å². The van der Waals surface area contributed by atoms with E-state index in [2.05, 4.69) is 10.3 Å². The summed E-state index contributed by atoms with van der Waals surface area (Å²) < 4.78 is 19.1. The number of carbonyl (C=O) groups is 1. The van der Waals surface area contributed by atoms with Gasteiger partial charge in [0.2, 0.25) is 5.88 Å². The number of rotatable bonds is 3. The number of aromatic nitrogens is 1. The highest BCUT2D eigenvalue weighted by atomic mass is 19.1. The molecule has 1 aromatic heterocycles. The van der Waals surface area contributed by atoms with Gasteiger partial charge in [0.15, 0.2) is 0 Å². The number of urea groups is 1. The molecule has 0 bridgehead atoms. The zero-order chi connectivity index (χ0) is 16.2. The van der Waals surface area contributed by atoms with Gasteiger partial charge in [-0.1, -0.05) is 12.1 Å². The van der Waals surface area contributed by atoms with Crippen LogP contribution >= 0.6 is 0 Å². The van der Waals surface area contributed by atoms with Crippen molar-refractivity contribution in [2.45, 2.75) is 6.10 Å². The number of nitrogens with one attached hydrogen (secondary N) is 1. The highest BCUT2D eigenvalue weighted by Crippen LogP contribution is 2.19. The number of likely N-dealkylation sites (tertiary alicyclic amines) is 1. The molecular weight excluding hydrogens is 299 g/mol. The van der Waals surface area contributed by atoms with Gasteiger partial charge in [-0.3, -0.25) is 0 Å². The molecule has 6 nitrogen and oxygen atoms in total. The summed E-state index contributed by atoms with van der Waals surface area (Å²) in [6.45, 7) is 0.748. The third-order valence-electron chi connectivity index (χ3n) is 3.40. The Bertz CT molecular complexity index is 769. The Morgan fingerprint density at radius 1 is 1.39 bits per heavy atom. The number of carbonyl (C=O) groups excluding carboxylic acids is 1. The molecule has 1 aliphatic heterocycles. The van der Waals surface area contributed by atoms with E-state index in [1.54, 1.807) is 24.3 Å². The Kier molecular flexibility index (Phi) is 4.06. The first kappa shape index (κ1) is 14.8. The van der Waals surface area contributed by atoms with Crippen molar-refractivity contribution in [2.24, 2.45) is 0 Å². The maximum absolute atomic E-state index is 13.5. The molecule has 7 heteroatoms. The molecule has 2 amide bonds. The molecule has 1 saturated heterocycles. The fourth-order valence-corrected chi connectivity index (χ4v) is 2.15. The summed E-state index contributed by atoms with van der Waals surface area (Å²) in [6, 6.07) is 10.7. The van der Waals surface area contributed by atoms with Crippen molar-refractivity contribution >= 4 is 11.7 Å². The summed E-state index contributed by atoms with van der Waals surface area (Å²) in [6.07, 6.45) is 1.30. The van der Waals surface area contributed by atoms with Crippen LogP contribution in [0.25, 0.3) is 0 Å². The molecule has 2 heterocycles. The lowest BCUT2D eigenvalue weighted by atomic mass is 10.2. The maximum Gasteiger partial charge on any atom is 0.322 e. The van der Waals surface area contributed by atoms with E-state index in [4.69, 9.17) is 10.00 Å². The van der Waals surface area contributed by atoms with E-state index in [1.807, 2.05) is 6.07 Å². The SMILES string of the molecule is N#Cc1ccnc(OC2CN(C(=O)Nc3ccccc3F)C2)c1. The Labute approximate surface area is 132 Å². The zero-order valence-corrected chi connectivity index (χ0v) is 12.1. The van der Waals surface area contributed by atoms with E-state index in [0.717, 1.165) is 0 Å². The van der Waals surface area contributed by atoms with Crippen LogP contribution in [-0.4, -0.2) is 35.1 Å². The van der Waals surface area contributed by atoms with Crippen LogP contribution in [0.15, 0.2) is 42.6 Å². The number of halogens is 1. The number of nitriles is 1. The molecule has 1 aromatic carbocycles. The van der Waals surface area contributed by atoms with Gasteiger partial charge in [-0.15, -0.1) is 0 Å². The van der Waals surface area contributed by atoms with Crippen LogP contribution in [-0.2, 0) is 0 Å². The second kappa shape index (κ2) is 6.32. The smallest absolute Gasteiger partial charge is 0.322 e. The number of hydrogen-bond donors (Lipinski definition) is 1. The molecule has 1 N–H and O–H groups in total. The first-order valence-electron chi connectivity index (χ1n) is 6.99. The summed E-state index contributed by atoms with van der Waals surface area (Å²) in [5, 5.41) is 11.3. The fraction of sp³-hybridized carbons (Fsp3) is 0.188. The molecule has 1 aliphatic rings. The normalized spacial score (nSPS) is 13.8. The van der Waals surface area contributed by atoms with Crippen molar-refractivity contribution in [1.82, 2.24) is 9.88 Å². The Balaban J connectivity index is 1.52. The predicted molar refractivity (Wildman–Crippen MR) is 80.4 cm³/mol.